The number of nitrogens with one attached hydrogen (secondary N) is 3. The SMILES string of the molecule is c1ccc(Oc2ccc(Nc3cc(NC4CCNC4)ncn3)cc2)cc1. The van der Waals surface area contributed by atoms with Crippen LogP contribution < -0.4 is 20.7 Å². The third-order valence-corrected chi connectivity index (χ3v) is 4.19. The number of aromatic nitrogens is 2. The van der Waals surface area contributed by atoms with Crippen molar-refractivity contribution in [3.8, 4) is 11.5 Å². The number of hydrogen-bond donors (Lipinski definition) is 3. The zero-order chi connectivity index (χ0) is 17.6. The lowest BCUT2D eigenvalue weighted by Gasteiger charge is -2.13. The molecule has 132 valence electrons. The first-order valence-electron chi connectivity index (χ1n) is 8.74. The van der Waals surface area contributed by atoms with Crippen molar-refractivity contribution in [3.05, 3.63) is 67.0 Å². The molecule has 0 amide bonds. The Morgan fingerprint density at radius 1 is 0.923 bits per heavy atom. The monoisotopic (exact) mass is 347 g/mol. The van der Waals surface area contributed by atoms with Gasteiger partial charge in [0.1, 0.15) is 29.5 Å². The van der Waals surface area contributed by atoms with Gasteiger partial charge in [-0.2, -0.15) is 0 Å². The van der Waals surface area contributed by atoms with E-state index in [4.69, 9.17) is 4.74 Å². The summed E-state index contributed by atoms with van der Waals surface area (Å²) in [5, 5.41) is 10.1. The summed E-state index contributed by atoms with van der Waals surface area (Å²) >= 11 is 0. The molecule has 4 rings (SSSR count). The Hall–Kier alpha value is -3.12. The minimum atomic E-state index is 0.423. The lowest BCUT2D eigenvalue weighted by molar-refractivity contribution is 0.483. The molecule has 0 bridgehead atoms. The Bertz CT molecular complexity index is 832. The van der Waals surface area contributed by atoms with Gasteiger partial charge in [0.25, 0.3) is 0 Å². The topological polar surface area (TPSA) is 71.1 Å². The predicted octanol–water partition coefficient (Wildman–Crippen LogP) is 3.79. The molecular formula is C20H21N5O. The summed E-state index contributed by atoms with van der Waals surface area (Å²) in [6, 6.07) is 19.9. The highest BCUT2D eigenvalue weighted by Gasteiger charge is 2.14. The van der Waals surface area contributed by atoms with Crippen molar-refractivity contribution in [3.63, 3.8) is 0 Å². The van der Waals surface area contributed by atoms with E-state index in [-0.39, 0.29) is 0 Å². The summed E-state index contributed by atoms with van der Waals surface area (Å²) in [6.45, 7) is 2.01. The fourth-order valence-electron chi connectivity index (χ4n) is 2.87. The minimum absolute atomic E-state index is 0.423. The normalized spacial score (nSPS) is 16.2. The van der Waals surface area contributed by atoms with E-state index in [0.29, 0.717) is 6.04 Å². The van der Waals surface area contributed by atoms with Gasteiger partial charge in [0.2, 0.25) is 0 Å². The van der Waals surface area contributed by atoms with E-state index >= 15 is 0 Å². The molecule has 1 aromatic heterocycles. The van der Waals surface area contributed by atoms with Crippen LogP contribution in [0.15, 0.2) is 67.0 Å². The van der Waals surface area contributed by atoms with Crippen LogP contribution in [0.4, 0.5) is 17.3 Å². The zero-order valence-corrected chi connectivity index (χ0v) is 14.4. The van der Waals surface area contributed by atoms with Gasteiger partial charge in [0.05, 0.1) is 0 Å². The van der Waals surface area contributed by atoms with Gasteiger partial charge in [-0.15, -0.1) is 0 Å². The summed E-state index contributed by atoms with van der Waals surface area (Å²) in [7, 11) is 0. The third kappa shape index (κ3) is 4.29. The highest BCUT2D eigenvalue weighted by molar-refractivity contribution is 5.59. The molecule has 2 aromatic carbocycles. The van der Waals surface area contributed by atoms with Crippen LogP contribution in [0.5, 0.6) is 11.5 Å². The van der Waals surface area contributed by atoms with Crippen LogP contribution in [-0.2, 0) is 0 Å². The van der Waals surface area contributed by atoms with E-state index in [1.807, 2.05) is 60.7 Å². The van der Waals surface area contributed by atoms with Crippen molar-refractivity contribution < 1.29 is 4.74 Å². The van der Waals surface area contributed by atoms with Crippen molar-refractivity contribution >= 4 is 17.3 Å². The number of ether oxygens (including phenoxy) is 1. The molecule has 0 spiro atoms. The maximum atomic E-state index is 5.81. The summed E-state index contributed by atoms with van der Waals surface area (Å²) < 4.78 is 5.81. The molecule has 6 heteroatoms. The molecule has 1 fully saturated rings. The van der Waals surface area contributed by atoms with Gasteiger partial charge in [0, 0.05) is 24.3 Å². The molecule has 1 atom stereocenters. The Morgan fingerprint density at radius 3 is 2.46 bits per heavy atom. The molecule has 1 saturated heterocycles. The second-order valence-corrected chi connectivity index (χ2v) is 6.19. The summed E-state index contributed by atoms with van der Waals surface area (Å²) in [6.07, 6.45) is 2.68. The van der Waals surface area contributed by atoms with Gasteiger partial charge in [-0.05, 0) is 49.4 Å². The summed E-state index contributed by atoms with van der Waals surface area (Å²) in [4.78, 5) is 8.59. The first-order valence-corrected chi connectivity index (χ1v) is 8.74. The fourth-order valence-corrected chi connectivity index (χ4v) is 2.87. The lowest BCUT2D eigenvalue weighted by atomic mass is 10.2. The smallest absolute Gasteiger partial charge is 0.135 e. The van der Waals surface area contributed by atoms with Crippen LogP contribution >= 0.6 is 0 Å². The molecule has 0 saturated carbocycles. The highest BCUT2D eigenvalue weighted by Crippen LogP contribution is 2.24. The van der Waals surface area contributed by atoms with Crippen LogP contribution in [-0.4, -0.2) is 29.1 Å². The van der Waals surface area contributed by atoms with Crippen LogP contribution in [0.3, 0.4) is 0 Å². The second-order valence-electron chi connectivity index (χ2n) is 6.19. The highest BCUT2D eigenvalue weighted by atomic mass is 16.5. The Labute approximate surface area is 152 Å². The maximum Gasteiger partial charge on any atom is 0.135 e. The van der Waals surface area contributed by atoms with E-state index in [1.165, 1.54) is 0 Å². The fraction of sp³-hybridized carbons (Fsp3) is 0.200. The maximum absolute atomic E-state index is 5.81. The zero-order valence-electron chi connectivity index (χ0n) is 14.4. The predicted molar refractivity (Wildman–Crippen MR) is 103 cm³/mol. The number of anilines is 3. The Kier molecular flexibility index (Phi) is 4.93. The van der Waals surface area contributed by atoms with Gasteiger partial charge < -0.3 is 20.7 Å². The molecule has 1 unspecified atom stereocenters. The standard InChI is InChI=1S/C20H21N5O/c1-2-4-17(5-3-1)26-18-8-6-15(7-9-18)24-19-12-20(23-14-22-19)25-16-10-11-21-13-16/h1-9,12,14,16,21H,10-11,13H2,(H2,22,23,24,25). The number of para-hydroxylation sites is 1. The molecule has 2 heterocycles. The second kappa shape index (κ2) is 7.84. The number of benzene rings is 2. The van der Waals surface area contributed by atoms with Crippen molar-refractivity contribution in [2.75, 3.05) is 23.7 Å². The molecule has 0 aliphatic carbocycles. The van der Waals surface area contributed by atoms with Gasteiger partial charge in [-0.25, -0.2) is 9.97 Å². The Balaban J connectivity index is 1.39. The molecule has 6 nitrogen and oxygen atoms in total. The average Bonchev–Trinajstić information content (AvgIpc) is 3.18. The van der Waals surface area contributed by atoms with Crippen molar-refractivity contribution in [2.24, 2.45) is 0 Å². The molecule has 1 aliphatic heterocycles. The molecule has 26 heavy (non-hydrogen) atoms. The van der Waals surface area contributed by atoms with Crippen LogP contribution in [0.1, 0.15) is 6.42 Å². The van der Waals surface area contributed by atoms with Gasteiger partial charge in [0.15, 0.2) is 0 Å². The number of nitrogens with zero attached hydrogens (tertiary/aromatic N) is 2. The molecule has 3 aromatic rings. The van der Waals surface area contributed by atoms with Gasteiger partial charge in [-0.3, -0.25) is 0 Å². The van der Waals surface area contributed by atoms with E-state index < -0.39 is 0 Å². The van der Waals surface area contributed by atoms with Crippen LogP contribution in [0, 0.1) is 0 Å². The number of rotatable bonds is 6. The van der Waals surface area contributed by atoms with Crippen molar-refractivity contribution in [2.45, 2.75) is 12.5 Å². The van der Waals surface area contributed by atoms with Crippen molar-refractivity contribution in [1.29, 1.82) is 0 Å². The largest absolute Gasteiger partial charge is 0.457 e. The molecule has 1 aliphatic rings. The summed E-state index contributed by atoms with van der Waals surface area (Å²) in [5.41, 5.74) is 0.942. The summed E-state index contributed by atoms with van der Waals surface area (Å²) in [5.74, 6) is 3.20. The van der Waals surface area contributed by atoms with E-state index in [0.717, 1.165) is 48.3 Å². The molecule has 0 radical (unpaired) electrons. The third-order valence-electron chi connectivity index (χ3n) is 4.19. The van der Waals surface area contributed by atoms with E-state index in [2.05, 4.69) is 25.9 Å². The van der Waals surface area contributed by atoms with Crippen LogP contribution in [0.25, 0.3) is 0 Å². The molecule has 3 N–H and O–H groups in total. The van der Waals surface area contributed by atoms with E-state index in [9.17, 15) is 0 Å². The minimum Gasteiger partial charge on any atom is -0.457 e. The number of hydrogen-bond acceptors (Lipinski definition) is 6. The van der Waals surface area contributed by atoms with Crippen LogP contribution in [0.2, 0.25) is 0 Å². The van der Waals surface area contributed by atoms with Gasteiger partial charge in [-0.1, -0.05) is 18.2 Å². The lowest BCUT2D eigenvalue weighted by Crippen LogP contribution is -2.22. The van der Waals surface area contributed by atoms with E-state index in [1.54, 1.807) is 6.33 Å². The first kappa shape index (κ1) is 16.4. The quantitative estimate of drug-likeness (QED) is 0.630. The van der Waals surface area contributed by atoms with Gasteiger partial charge >= 0.3 is 0 Å². The molecular weight excluding hydrogens is 326 g/mol. The average molecular weight is 347 g/mol. The van der Waals surface area contributed by atoms with Crippen molar-refractivity contribution in [1.82, 2.24) is 15.3 Å². The Morgan fingerprint density at radius 2 is 1.69 bits per heavy atom. The first-order chi connectivity index (χ1) is 12.8.